The van der Waals surface area contributed by atoms with Crippen LogP contribution in [0.15, 0.2) is 34.8 Å². The van der Waals surface area contributed by atoms with E-state index in [9.17, 15) is 4.39 Å². The lowest BCUT2D eigenvalue weighted by molar-refractivity contribution is 0.415. The summed E-state index contributed by atoms with van der Waals surface area (Å²) in [6, 6.07) is 8.85. The third kappa shape index (κ3) is 2.38. The first kappa shape index (κ1) is 14.3. The van der Waals surface area contributed by atoms with Gasteiger partial charge >= 0.3 is 0 Å². The normalized spacial score (nSPS) is 11.0. The molecule has 1 N–H and O–H groups in total. The van der Waals surface area contributed by atoms with Gasteiger partial charge in [0.15, 0.2) is 4.77 Å². The predicted molar refractivity (Wildman–Crippen MR) is 87.4 cm³/mol. The lowest BCUT2D eigenvalue weighted by Crippen LogP contribution is -1.98. The fourth-order valence-electron chi connectivity index (χ4n) is 2.33. The molecule has 6 heteroatoms. The van der Waals surface area contributed by atoms with E-state index in [4.69, 9.17) is 17.0 Å². The monoisotopic (exact) mass is 366 g/mol. The molecule has 1 aromatic heterocycles. The topological polar surface area (TPSA) is 29.9 Å². The SMILES string of the molecule is COc1ccc2c(c1)[nH]c(=S)n2-c1cc(F)c(Br)cc1C. The van der Waals surface area contributed by atoms with Gasteiger partial charge in [0.2, 0.25) is 0 Å². The minimum atomic E-state index is -0.319. The molecule has 3 rings (SSSR count). The molecule has 0 atom stereocenters. The molecule has 2 aromatic carbocycles. The number of nitrogens with zero attached hydrogens (tertiary/aromatic N) is 1. The Kier molecular flexibility index (Phi) is 3.59. The molecule has 3 nitrogen and oxygen atoms in total. The smallest absolute Gasteiger partial charge is 0.182 e. The molecule has 0 saturated heterocycles. The molecule has 0 radical (unpaired) electrons. The molecule has 3 aromatic rings. The third-order valence-electron chi connectivity index (χ3n) is 3.37. The molecular weight excluding hydrogens is 355 g/mol. The second-order valence-electron chi connectivity index (χ2n) is 4.70. The number of rotatable bonds is 2. The number of benzene rings is 2. The van der Waals surface area contributed by atoms with Gasteiger partial charge in [-0.1, -0.05) is 0 Å². The molecule has 0 aliphatic heterocycles. The number of hydrogen-bond donors (Lipinski definition) is 1. The predicted octanol–water partition coefficient (Wildman–Crippen LogP) is 4.91. The van der Waals surface area contributed by atoms with E-state index in [2.05, 4.69) is 20.9 Å². The van der Waals surface area contributed by atoms with Gasteiger partial charge in [0.05, 0.1) is 28.3 Å². The zero-order chi connectivity index (χ0) is 15.1. The standard InChI is InChI=1S/C15H12BrFN2OS/c1-8-5-10(16)11(17)7-14(8)19-13-4-3-9(20-2)6-12(13)18-15(19)21/h3-7H,1-2H3,(H,18,21). The van der Waals surface area contributed by atoms with Gasteiger partial charge in [-0.3, -0.25) is 4.57 Å². The number of aromatic amines is 1. The maximum atomic E-state index is 13.9. The van der Waals surface area contributed by atoms with Crippen LogP contribution >= 0.6 is 28.1 Å². The van der Waals surface area contributed by atoms with E-state index in [1.54, 1.807) is 13.2 Å². The molecule has 1 heterocycles. The van der Waals surface area contributed by atoms with Gasteiger partial charge in [-0.15, -0.1) is 0 Å². The van der Waals surface area contributed by atoms with Crippen molar-refractivity contribution < 1.29 is 9.13 Å². The summed E-state index contributed by atoms with van der Waals surface area (Å²) in [4.78, 5) is 3.13. The number of imidazole rings is 1. The van der Waals surface area contributed by atoms with Crippen molar-refractivity contribution in [2.75, 3.05) is 7.11 Å². The van der Waals surface area contributed by atoms with Crippen molar-refractivity contribution in [3.8, 4) is 11.4 Å². The number of aryl methyl sites for hydroxylation is 1. The number of aromatic nitrogens is 2. The number of ether oxygens (including phenoxy) is 1. The van der Waals surface area contributed by atoms with E-state index in [-0.39, 0.29) is 5.82 Å². The zero-order valence-electron chi connectivity index (χ0n) is 11.4. The van der Waals surface area contributed by atoms with E-state index >= 15 is 0 Å². The lowest BCUT2D eigenvalue weighted by atomic mass is 10.2. The Morgan fingerprint density at radius 3 is 2.76 bits per heavy atom. The molecule has 0 unspecified atom stereocenters. The highest BCUT2D eigenvalue weighted by molar-refractivity contribution is 9.10. The Bertz CT molecular complexity index is 901. The van der Waals surface area contributed by atoms with Crippen molar-refractivity contribution in [2.24, 2.45) is 0 Å². The Hall–Kier alpha value is -1.66. The molecule has 0 amide bonds. The molecule has 0 aliphatic rings. The molecule has 0 saturated carbocycles. The van der Waals surface area contributed by atoms with Gasteiger partial charge in [-0.05, 0) is 64.9 Å². The second-order valence-corrected chi connectivity index (χ2v) is 5.94. The number of hydrogen-bond acceptors (Lipinski definition) is 2. The Morgan fingerprint density at radius 1 is 1.29 bits per heavy atom. The molecule has 108 valence electrons. The van der Waals surface area contributed by atoms with Crippen LogP contribution in [0.25, 0.3) is 16.7 Å². The number of nitrogens with one attached hydrogen (secondary N) is 1. The van der Waals surface area contributed by atoms with Crippen LogP contribution in [0.3, 0.4) is 0 Å². The first-order valence-corrected chi connectivity index (χ1v) is 7.46. The molecule has 0 bridgehead atoms. The van der Waals surface area contributed by atoms with E-state index in [1.807, 2.05) is 29.7 Å². The molecule has 0 spiro atoms. The van der Waals surface area contributed by atoms with Gasteiger partial charge < -0.3 is 9.72 Å². The lowest BCUT2D eigenvalue weighted by Gasteiger charge is -2.10. The third-order valence-corrected chi connectivity index (χ3v) is 4.26. The highest BCUT2D eigenvalue weighted by Crippen LogP contribution is 2.28. The number of methoxy groups -OCH3 is 1. The van der Waals surface area contributed by atoms with Crippen LogP contribution < -0.4 is 4.74 Å². The quantitative estimate of drug-likeness (QED) is 0.653. The molecule has 21 heavy (non-hydrogen) atoms. The minimum Gasteiger partial charge on any atom is -0.497 e. The summed E-state index contributed by atoms with van der Waals surface area (Å²) < 4.78 is 21.9. The van der Waals surface area contributed by atoms with E-state index < -0.39 is 0 Å². The summed E-state index contributed by atoms with van der Waals surface area (Å²) >= 11 is 8.58. The van der Waals surface area contributed by atoms with E-state index in [1.165, 1.54) is 6.07 Å². The summed E-state index contributed by atoms with van der Waals surface area (Å²) in [7, 11) is 1.61. The van der Waals surface area contributed by atoms with Crippen molar-refractivity contribution in [3.63, 3.8) is 0 Å². The highest BCUT2D eigenvalue weighted by atomic mass is 79.9. The summed E-state index contributed by atoms with van der Waals surface area (Å²) in [6.07, 6.45) is 0. The van der Waals surface area contributed by atoms with E-state index in [0.29, 0.717) is 9.24 Å². The first-order valence-electron chi connectivity index (χ1n) is 6.26. The highest BCUT2D eigenvalue weighted by Gasteiger charge is 2.12. The fraction of sp³-hybridized carbons (Fsp3) is 0.133. The largest absolute Gasteiger partial charge is 0.497 e. The van der Waals surface area contributed by atoms with Gasteiger partial charge in [-0.25, -0.2) is 4.39 Å². The Labute approximate surface area is 134 Å². The van der Waals surface area contributed by atoms with Crippen molar-refractivity contribution in [1.29, 1.82) is 0 Å². The molecule has 0 aliphatic carbocycles. The maximum absolute atomic E-state index is 13.9. The minimum absolute atomic E-state index is 0.319. The first-order chi connectivity index (χ1) is 10.0. The fourth-order valence-corrected chi connectivity index (χ4v) is 3.10. The van der Waals surface area contributed by atoms with E-state index in [0.717, 1.165) is 28.0 Å². The van der Waals surface area contributed by atoms with Gasteiger partial charge in [-0.2, -0.15) is 0 Å². The van der Waals surface area contributed by atoms with Crippen LogP contribution in [-0.2, 0) is 0 Å². The van der Waals surface area contributed by atoms with Crippen LogP contribution in [0.1, 0.15) is 5.56 Å². The van der Waals surface area contributed by atoms with Crippen LogP contribution in [0.5, 0.6) is 5.75 Å². The molecule has 0 fully saturated rings. The van der Waals surface area contributed by atoms with Crippen molar-refractivity contribution >= 4 is 39.2 Å². The van der Waals surface area contributed by atoms with Gasteiger partial charge in [0.1, 0.15) is 11.6 Å². The number of fused-ring (bicyclic) bond motifs is 1. The van der Waals surface area contributed by atoms with Crippen molar-refractivity contribution in [2.45, 2.75) is 6.92 Å². The van der Waals surface area contributed by atoms with Crippen LogP contribution in [0.4, 0.5) is 4.39 Å². The second kappa shape index (κ2) is 5.27. The van der Waals surface area contributed by atoms with Crippen LogP contribution in [-0.4, -0.2) is 16.7 Å². The summed E-state index contributed by atoms with van der Waals surface area (Å²) in [5, 5.41) is 0. The van der Waals surface area contributed by atoms with Crippen LogP contribution in [0, 0.1) is 17.5 Å². The number of H-pyrrole nitrogens is 1. The average molecular weight is 367 g/mol. The summed E-state index contributed by atoms with van der Waals surface area (Å²) in [6.45, 7) is 1.92. The average Bonchev–Trinajstić information content (AvgIpc) is 2.77. The summed E-state index contributed by atoms with van der Waals surface area (Å²) in [5.74, 6) is 0.421. The van der Waals surface area contributed by atoms with Crippen LogP contribution in [0.2, 0.25) is 0 Å². The summed E-state index contributed by atoms with van der Waals surface area (Å²) in [5.41, 5.74) is 3.38. The Balaban J connectivity index is 2.33. The maximum Gasteiger partial charge on any atom is 0.182 e. The van der Waals surface area contributed by atoms with Crippen molar-refractivity contribution in [1.82, 2.24) is 9.55 Å². The van der Waals surface area contributed by atoms with Gasteiger partial charge in [0.25, 0.3) is 0 Å². The Morgan fingerprint density at radius 2 is 2.05 bits per heavy atom. The number of halogens is 2. The van der Waals surface area contributed by atoms with Crippen molar-refractivity contribution in [3.05, 3.63) is 51.0 Å². The molecular formula is C15H12BrFN2OS. The van der Waals surface area contributed by atoms with Gasteiger partial charge in [0, 0.05) is 6.07 Å². The zero-order valence-corrected chi connectivity index (χ0v) is 13.8.